The van der Waals surface area contributed by atoms with E-state index >= 15 is 0 Å². The van der Waals surface area contributed by atoms with E-state index in [-0.39, 0.29) is 11.3 Å². The molecule has 2 rings (SSSR count). The molecule has 6 nitrogen and oxygen atoms in total. The van der Waals surface area contributed by atoms with Gasteiger partial charge in [0.1, 0.15) is 11.6 Å². The van der Waals surface area contributed by atoms with Crippen LogP contribution in [0.15, 0.2) is 36.4 Å². The second-order valence-corrected chi connectivity index (χ2v) is 6.73. The first-order chi connectivity index (χ1) is 13.7. The van der Waals surface area contributed by atoms with Gasteiger partial charge in [-0.1, -0.05) is 13.8 Å². The Morgan fingerprint density at radius 2 is 1.76 bits per heavy atom. The van der Waals surface area contributed by atoms with Crippen molar-refractivity contribution < 1.29 is 32.6 Å². The van der Waals surface area contributed by atoms with Crippen LogP contribution in [-0.2, 0) is 9.53 Å². The number of methoxy groups -OCH3 is 1. The van der Waals surface area contributed by atoms with E-state index in [4.69, 9.17) is 14.2 Å². The summed E-state index contributed by atoms with van der Waals surface area (Å²) >= 11 is 0. The molecule has 0 aromatic heterocycles. The van der Waals surface area contributed by atoms with Crippen molar-refractivity contribution in [1.82, 2.24) is 0 Å². The maximum Gasteiger partial charge on any atom is 0.339 e. The van der Waals surface area contributed by atoms with E-state index in [0.717, 1.165) is 18.2 Å². The molecule has 0 unspecified atom stereocenters. The lowest BCUT2D eigenvalue weighted by atomic mass is 10.2. The zero-order chi connectivity index (χ0) is 21.6. The van der Waals surface area contributed by atoms with Gasteiger partial charge in [-0.3, -0.25) is 4.79 Å². The predicted molar refractivity (Wildman–Crippen MR) is 103 cm³/mol. The maximum absolute atomic E-state index is 13.6. The van der Waals surface area contributed by atoms with E-state index in [1.165, 1.54) is 26.2 Å². The highest BCUT2D eigenvalue weighted by atomic mass is 19.1. The second kappa shape index (κ2) is 9.86. The van der Waals surface area contributed by atoms with Gasteiger partial charge >= 0.3 is 5.97 Å². The van der Waals surface area contributed by atoms with Crippen molar-refractivity contribution in [3.8, 4) is 11.5 Å². The van der Waals surface area contributed by atoms with Gasteiger partial charge < -0.3 is 19.5 Å². The second-order valence-electron chi connectivity index (χ2n) is 6.73. The summed E-state index contributed by atoms with van der Waals surface area (Å²) in [6.45, 7) is 5.80. The molecule has 0 radical (unpaired) electrons. The smallest absolute Gasteiger partial charge is 0.339 e. The molecule has 0 aliphatic rings. The van der Waals surface area contributed by atoms with E-state index in [9.17, 15) is 18.4 Å². The van der Waals surface area contributed by atoms with Crippen LogP contribution in [0.1, 0.15) is 31.1 Å². The Balaban J connectivity index is 2.04. The van der Waals surface area contributed by atoms with E-state index in [2.05, 4.69) is 5.32 Å². The Bertz CT molecular complexity index is 885. The van der Waals surface area contributed by atoms with Gasteiger partial charge in [-0.25, -0.2) is 13.6 Å². The summed E-state index contributed by atoms with van der Waals surface area (Å²) in [5.74, 6) is -1.96. The number of esters is 1. The molecule has 29 heavy (non-hydrogen) atoms. The third-order valence-corrected chi connectivity index (χ3v) is 3.81. The first-order valence-electron chi connectivity index (χ1n) is 8.99. The molecule has 0 bridgehead atoms. The number of hydrogen-bond acceptors (Lipinski definition) is 5. The molecule has 0 spiro atoms. The molecule has 1 N–H and O–H groups in total. The highest BCUT2D eigenvalue weighted by Gasteiger charge is 2.21. The van der Waals surface area contributed by atoms with Crippen molar-refractivity contribution in [2.45, 2.75) is 26.9 Å². The van der Waals surface area contributed by atoms with Gasteiger partial charge in [0.15, 0.2) is 17.6 Å². The average Bonchev–Trinajstić information content (AvgIpc) is 2.68. The number of benzene rings is 2. The fourth-order valence-electron chi connectivity index (χ4n) is 2.28. The van der Waals surface area contributed by atoms with Crippen LogP contribution in [0.2, 0.25) is 0 Å². The number of nitrogens with one attached hydrogen (secondary N) is 1. The van der Waals surface area contributed by atoms with Gasteiger partial charge in [0, 0.05) is 6.07 Å². The number of amides is 1. The molecule has 0 heterocycles. The minimum atomic E-state index is -1.24. The van der Waals surface area contributed by atoms with Gasteiger partial charge in [0.05, 0.1) is 25.0 Å². The molecule has 0 fully saturated rings. The monoisotopic (exact) mass is 407 g/mol. The van der Waals surface area contributed by atoms with Crippen LogP contribution in [0, 0.1) is 17.6 Å². The van der Waals surface area contributed by atoms with Gasteiger partial charge in [-0.05, 0) is 43.2 Å². The zero-order valence-corrected chi connectivity index (χ0v) is 16.6. The molecule has 156 valence electrons. The largest absolute Gasteiger partial charge is 0.493 e. The Morgan fingerprint density at radius 1 is 1.03 bits per heavy atom. The molecule has 1 amide bonds. The number of ether oxygens (including phenoxy) is 3. The van der Waals surface area contributed by atoms with Crippen LogP contribution >= 0.6 is 0 Å². The number of anilines is 1. The maximum atomic E-state index is 13.6. The van der Waals surface area contributed by atoms with Crippen molar-refractivity contribution in [3.05, 3.63) is 53.6 Å². The van der Waals surface area contributed by atoms with Crippen molar-refractivity contribution in [2.75, 3.05) is 19.0 Å². The third-order valence-electron chi connectivity index (χ3n) is 3.81. The molecule has 2 aromatic carbocycles. The van der Waals surface area contributed by atoms with Gasteiger partial charge in [0.2, 0.25) is 0 Å². The van der Waals surface area contributed by atoms with E-state index in [1.807, 2.05) is 13.8 Å². The van der Waals surface area contributed by atoms with Crippen LogP contribution in [0.5, 0.6) is 11.5 Å². The van der Waals surface area contributed by atoms with Gasteiger partial charge in [0.25, 0.3) is 5.91 Å². The first kappa shape index (κ1) is 22.1. The zero-order valence-electron chi connectivity index (χ0n) is 16.6. The fraction of sp³-hybridized carbons (Fsp3) is 0.333. The summed E-state index contributed by atoms with van der Waals surface area (Å²) < 4.78 is 42.8. The highest BCUT2D eigenvalue weighted by Crippen LogP contribution is 2.29. The average molecular weight is 407 g/mol. The summed E-state index contributed by atoms with van der Waals surface area (Å²) in [4.78, 5) is 24.5. The number of carbonyl (C=O) groups is 2. The topological polar surface area (TPSA) is 73.9 Å². The molecular weight excluding hydrogens is 384 g/mol. The lowest BCUT2D eigenvalue weighted by Crippen LogP contribution is -2.30. The Hall–Kier alpha value is -3.16. The van der Waals surface area contributed by atoms with Gasteiger partial charge in [-0.15, -0.1) is 0 Å². The summed E-state index contributed by atoms with van der Waals surface area (Å²) in [7, 11) is 1.44. The standard InChI is InChI=1S/C21H23F2NO5/c1-12(2)11-28-18-8-5-14(9-19(18)27-4)21(26)29-13(3)20(25)24-17-10-15(22)6-7-16(17)23/h5-10,12-13H,11H2,1-4H3,(H,24,25)/t13-/m0/s1. The first-order valence-corrected chi connectivity index (χ1v) is 8.99. The molecule has 2 aromatic rings. The van der Waals surface area contributed by atoms with E-state index < -0.39 is 29.6 Å². The minimum Gasteiger partial charge on any atom is -0.493 e. The van der Waals surface area contributed by atoms with Crippen molar-refractivity contribution >= 4 is 17.6 Å². The Kier molecular flexibility index (Phi) is 7.52. The Labute approximate surface area is 167 Å². The van der Waals surface area contributed by atoms with E-state index in [1.54, 1.807) is 6.07 Å². The Morgan fingerprint density at radius 3 is 2.41 bits per heavy atom. The molecule has 1 atom stereocenters. The summed E-state index contributed by atoms with van der Waals surface area (Å²) in [5.41, 5.74) is -0.193. The molecule has 0 aliphatic heterocycles. The molecule has 0 saturated heterocycles. The van der Waals surface area contributed by atoms with Crippen LogP contribution in [0.25, 0.3) is 0 Å². The van der Waals surface area contributed by atoms with Crippen LogP contribution in [0.4, 0.5) is 14.5 Å². The normalized spacial score (nSPS) is 11.7. The lowest BCUT2D eigenvalue weighted by molar-refractivity contribution is -0.123. The van der Waals surface area contributed by atoms with Gasteiger partial charge in [-0.2, -0.15) is 0 Å². The predicted octanol–water partition coefficient (Wildman–Crippen LogP) is 4.19. The molecule has 8 heteroatoms. The number of hydrogen-bond donors (Lipinski definition) is 1. The summed E-state index contributed by atoms with van der Waals surface area (Å²) in [6, 6.07) is 7.15. The van der Waals surface area contributed by atoms with Crippen molar-refractivity contribution in [3.63, 3.8) is 0 Å². The molecular formula is C21H23F2NO5. The fourth-order valence-corrected chi connectivity index (χ4v) is 2.28. The number of carbonyl (C=O) groups excluding carboxylic acids is 2. The quantitative estimate of drug-likeness (QED) is 0.664. The van der Waals surface area contributed by atoms with Crippen molar-refractivity contribution in [1.29, 1.82) is 0 Å². The highest BCUT2D eigenvalue weighted by molar-refractivity contribution is 5.97. The third kappa shape index (κ3) is 6.17. The van der Waals surface area contributed by atoms with Crippen LogP contribution in [-0.4, -0.2) is 31.7 Å². The van der Waals surface area contributed by atoms with E-state index in [0.29, 0.717) is 24.0 Å². The minimum absolute atomic E-state index is 0.148. The van der Waals surface area contributed by atoms with Crippen molar-refractivity contribution in [2.24, 2.45) is 5.92 Å². The molecule has 0 saturated carbocycles. The SMILES string of the molecule is COc1cc(C(=O)O[C@@H](C)C(=O)Nc2cc(F)ccc2F)ccc1OCC(C)C. The number of halogens is 2. The van der Waals surface area contributed by atoms with Crippen LogP contribution < -0.4 is 14.8 Å². The lowest BCUT2D eigenvalue weighted by Gasteiger charge is -2.16. The number of rotatable bonds is 8. The summed E-state index contributed by atoms with van der Waals surface area (Å²) in [6.07, 6.45) is -1.24. The summed E-state index contributed by atoms with van der Waals surface area (Å²) in [5, 5.41) is 2.19. The van der Waals surface area contributed by atoms with Crippen LogP contribution in [0.3, 0.4) is 0 Å². The molecule has 0 aliphatic carbocycles.